The van der Waals surface area contributed by atoms with Gasteiger partial charge in [0.15, 0.2) is 0 Å². The largest absolute Gasteiger partial charge is 0.497 e. The van der Waals surface area contributed by atoms with Crippen molar-refractivity contribution < 1.29 is 4.74 Å². The van der Waals surface area contributed by atoms with E-state index in [1.165, 1.54) is 10.8 Å². The summed E-state index contributed by atoms with van der Waals surface area (Å²) < 4.78 is 10.1. The van der Waals surface area contributed by atoms with Crippen molar-refractivity contribution in [3.8, 4) is 45.3 Å². The molecule has 0 bridgehead atoms. The normalized spacial score (nSPS) is 11.3. The Balaban J connectivity index is 1.19. The molecule has 0 unspecified atom stereocenters. The zero-order chi connectivity index (χ0) is 35.0. The molecule has 0 aliphatic heterocycles. The second kappa shape index (κ2) is 13.1. The van der Waals surface area contributed by atoms with Gasteiger partial charge < -0.3 is 18.8 Å². The summed E-state index contributed by atoms with van der Waals surface area (Å²) in [5, 5.41) is 2.38. The third-order valence-corrected chi connectivity index (χ3v) is 9.83. The summed E-state index contributed by atoms with van der Waals surface area (Å²) in [5.41, 5.74) is 12.0. The highest BCUT2D eigenvalue weighted by Crippen LogP contribution is 2.44. The lowest BCUT2D eigenvalue weighted by Gasteiger charge is -2.26. The quantitative estimate of drug-likeness (QED) is 0.161. The molecule has 52 heavy (non-hydrogen) atoms. The molecule has 0 amide bonds. The first-order valence-electron chi connectivity index (χ1n) is 17.5. The highest BCUT2D eigenvalue weighted by atomic mass is 16.5. The molecule has 9 rings (SSSR count). The van der Waals surface area contributed by atoms with E-state index < -0.39 is 0 Å². The Kier molecular flexibility index (Phi) is 7.86. The van der Waals surface area contributed by atoms with E-state index in [4.69, 9.17) is 9.72 Å². The Morgan fingerprint density at radius 1 is 0.519 bits per heavy atom. The fraction of sp³-hybridized carbons (Fsp3) is 0.0426. The summed E-state index contributed by atoms with van der Waals surface area (Å²) in [6.07, 6.45) is 0. The molecule has 2 aromatic heterocycles. The fourth-order valence-electron chi connectivity index (χ4n) is 7.44. The number of hydrogen-bond acceptors (Lipinski definition) is 3. The standard InChI is InChI=1S/C47H36N4O/c1-49-46(34-17-8-4-9-18-34)45(33-15-6-3-7-16-33)48-47(49)35-25-27-38(28-26-35)51-41-22-13-12-21-40(41)44-42(23-14-24-43(44)51)50(36-19-10-5-11-20-36)37-29-31-39(52-2)32-30-37/h3-32H,1-2H3. The predicted octanol–water partition coefficient (Wildman–Crippen LogP) is 12.0. The molecule has 250 valence electrons. The zero-order valence-electron chi connectivity index (χ0n) is 29.0. The van der Waals surface area contributed by atoms with E-state index in [9.17, 15) is 0 Å². The molecule has 0 atom stereocenters. The molecule has 0 saturated heterocycles. The lowest BCUT2D eigenvalue weighted by molar-refractivity contribution is 0.415. The van der Waals surface area contributed by atoms with Gasteiger partial charge in [0.2, 0.25) is 0 Å². The van der Waals surface area contributed by atoms with E-state index in [1.807, 2.05) is 18.2 Å². The summed E-state index contributed by atoms with van der Waals surface area (Å²) in [7, 11) is 3.81. The van der Waals surface area contributed by atoms with Crippen molar-refractivity contribution in [2.75, 3.05) is 12.0 Å². The van der Waals surface area contributed by atoms with Gasteiger partial charge in [0, 0.05) is 51.6 Å². The second-order valence-corrected chi connectivity index (χ2v) is 12.9. The average Bonchev–Trinajstić information content (AvgIpc) is 3.75. The molecule has 0 N–H and O–H groups in total. The smallest absolute Gasteiger partial charge is 0.140 e. The summed E-state index contributed by atoms with van der Waals surface area (Å²) in [6.45, 7) is 0. The van der Waals surface area contributed by atoms with Crippen molar-refractivity contribution in [3.63, 3.8) is 0 Å². The maximum atomic E-state index is 5.50. The van der Waals surface area contributed by atoms with Crippen LogP contribution in [0.4, 0.5) is 17.1 Å². The SMILES string of the molecule is COc1ccc(N(c2ccccc2)c2cccc3c2c2ccccc2n3-c2ccc(-c3nc(-c4ccccc4)c(-c4ccccc4)n3C)cc2)cc1. The van der Waals surface area contributed by atoms with Crippen LogP contribution in [0, 0.1) is 0 Å². The maximum absolute atomic E-state index is 5.50. The number of hydrogen-bond donors (Lipinski definition) is 0. The predicted molar refractivity (Wildman–Crippen MR) is 215 cm³/mol. The number of fused-ring (bicyclic) bond motifs is 3. The molecule has 0 aliphatic rings. The zero-order valence-corrected chi connectivity index (χ0v) is 29.0. The van der Waals surface area contributed by atoms with Crippen LogP contribution < -0.4 is 9.64 Å². The van der Waals surface area contributed by atoms with E-state index >= 15 is 0 Å². The third kappa shape index (κ3) is 5.31. The Labute approximate surface area is 303 Å². The first-order valence-corrected chi connectivity index (χ1v) is 17.5. The van der Waals surface area contributed by atoms with Crippen LogP contribution in [0.1, 0.15) is 0 Å². The number of ether oxygens (including phenoxy) is 1. The van der Waals surface area contributed by atoms with Crippen molar-refractivity contribution in [2.45, 2.75) is 0 Å². The Hall–Kier alpha value is -6.85. The molecule has 0 radical (unpaired) electrons. The van der Waals surface area contributed by atoms with E-state index in [2.05, 4.69) is 185 Å². The van der Waals surface area contributed by atoms with Gasteiger partial charge >= 0.3 is 0 Å². The molecule has 0 fully saturated rings. The molecular weight excluding hydrogens is 637 g/mol. The average molecular weight is 673 g/mol. The number of benzene rings is 7. The van der Waals surface area contributed by atoms with Crippen LogP contribution in [-0.2, 0) is 7.05 Å². The van der Waals surface area contributed by atoms with E-state index in [1.54, 1.807) is 7.11 Å². The van der Waals surface area contributed by atoms with Gasteiger partial charge in [0.1, 0.15) is 11.6 Å². The molecule has 7 aromatic carbocycles. The molecule has 0 saturated carbocycles. The van der Waals surface area contributed by atoms with Crippen molar-refractivity contribution in [1.82, 2.24) is 14.1 Å². The van der Waals surface area contributed by atoms with Crippen LogP contribution in [0.3, 0.4) is 0 Å². The fourth-order valence-corrected chi connectivity index (χ4v) is 7.44. The number of methoxy groups -OCH3 is 1. The first kappa shape index (κ1) is 31.2. The monoisotopic (exact) mass is 672 g/mol. The lowest BCUT2D eigenvalue weighted by Crippen LogP contribution is -2.10. The van der Waals surface area contributed by atoms with Gasteiger partial charge in [-0.3, -0.25) is 0 Å². The number of para-hydroxylation sites is 2. The molecule has 0 spiro atoms. The Bertz CT molecular complexity index is 2640. The maximum Gasteiger partial charge on any atom is 0.140 e. The Morgan fingerprint density at radius 3 is 1.81 bits per heavy atom. The van der Waals surface area contributed by atoms with Crippen LogP contribution in [0.2, 0.25) is 0 Å². The highest BCUT2D eigenvalue weighted by molar-refractivity contribution is 6.16. The summed E-state index contributed by atoms with van der Waals surface area (Å²) in [4.78, 5) is 7.59. The van der Waals surface area contributed by atoms with Crippen LogP contribution in [-0.4, -0.2) is 21.2 Å². The molecular formula is C47H36N4O. The van der Waals surface area contributed by atoms with Crippen molar-refractivity contribution >= 4 is 38.9 Å². The molecule has 5 heteroatoms. The molecule has 9 aromatic rings. The number of anilines is 3. The van der Waals surface area contributed by atoms with Gasteiger partial charge in [-0.2, -0.15) is 0 Å². The van der Waals surface area contributed by atoms with Gasteiger partial charge in [-0.1, -0.05) is 103 Å². The van der Waals surface area contributed by atoms with E-state index in [0.717, 1.165) is 73.4 Å². The van der Waals surface area contributed by atoms with Gasteiger partial charge in [0.25, 0.3) is 0 Å². The van der Waals surface area contributed by atoms with Gasteiger partial charge in [-0.05, 0) is 78.9 Å². The minimum absolute atomic E-state index is 0.827. The van der Waals surface area contributed by atoms with E-state index in [-0.39, 0.29) is 0 Å². The number of rotatable bonds is 8. The summed E-state index contributed by atoms with van der Waals surface area (Å²) >= 11 is 0. The highest BCUT2D eigenvalue weighted by Gasteiger charge is 2.22. The Morgan fingerprint density at radius 2 is 1.12 bits per heavy atom. The van der Waals surface area contributed by atoms with Gasteiger partial charge in [-0.25, -0.2) is 4.98 Å². The first-order chi connectivity index (χ1) is 25.7. The molecule has 0 aliphatic carbocycles. The number of aromatic nitrogens is 3. The second-order valence-electron chi connectivity index (χ2n) is 12.9. The molecule has 2 heterocycles. The van der Waals surface area contributed by atoms with Crippen LogP contribution in [0.5, 0.6) is 5.75 Å². The number of imidazole rings is 1. The van der Waals surface area contributed by atoms with Crippen molar-refractivity contribution in [2.24, 2.45) is 7.05 Å². The van der Waals surface area contributed by atoms with Crippen LogP contribution in [0.15, 0.2) is 182 Å². The van der Waals surface area contributed by atoms with Crippen LogP contribution >= 0.6 is 0 Å². The van der Waals surface area contributed by atoms with E-state index in [0.29, 0.717) is 0 Å². The number of nitrogens with zero attached hydrogens (tertiary/aromatic N) is 4. The van der Waals surface area contributed by atoms with Gasteiger partial charge in [-0.15, -0.1) is 0 Å². The van der Waals surface area contributed by atoms with Crippen molar-refractivity contribution in [1.29, 1.82) is 0 Å². The minimum atomic E-state index is 0.827. The van der Waals surface area contributed by atoms with Crippen molar-refractivity contribution in [3.05, 3.63) is 182 Å². The molecule has 5 nitrogen and oxygen atoms in total. The van der Waals surface area contributed by atoms with Gasteiger partial charge in [0.05, 0.1) is 35.2 Å². The minimum Gasteiger partial charge on any atom is -0.497 e. The third-order valence-electron chi connectivity index (χ3n) is 9.83. The summed E-state index contributed by atoms with van der Waals surface area (Å²) in [5.74, 6) is 1.75. The van der Waals surface area contributed by atoms with Crippen LogP contribution in [0.25, 0.3) is 61.4 Å². The lowest BCUT2D eigenvalue weighted by atomic mass is 10.1. The topological polar surface area (TPSA) is 35.2 Å². The summed E-state index contributed by atoms with van der Waals surface area (Å²) in [6, 6.07) is 63.9.